The number of amides is 1. The number of hydrogen-bond acceptors (Lipinski definition) is 3. The highest BCUT2D eigenvalue weighted by Gasteiger charge is 2.21. The fraction of sp³-hybridized carbons (Fsp3) is 0.182. The van der Waals surface area contributed by atoms with Crippen LogP contribution in [0.25, 0.3) is 0 Å². The molecule has 26 heavy (non-hydrogen) atoms. The average molecular weight is 362 g/mol. The standard InChI is InChI=1S/C22H22N2OS/c1-17(26-16-18-10-4-2-5-11-18)22(25)24-21(19-12-6-3-7-13-19)20-14-8-9-15-23-20/h2-15,17,21H,16H2,1H3,(H,24,25)/t17-,21+/m1/s1. The van der Waals surface area contributed by atoms with E-state index < -0.39 is 0 Å². The summed E-state index contributed by atoms with van der Waals surface area (Å²) in [6, 6.07) is 25.7. The number of hydrogen-bond donors (Lipinski definition) is 1. The maximum Gasteiger partial charge on any atom is 0.233 e. The molecule has 0 aliphatic rings. The van der Waals surface area contributed by atoms with Crippen LogP contribution in [0.1, 0.15) is 29.8 Å². The van der Waals surface area contributed by atoms with Crippen molar-refractivity contribution in [1.29, 1.82) is 0 Å². The lowest BCUT2D eigenvalue weighted by Gasteiger charge is -2.21. The Morgan fingerprint density at radius 3 is 2.27 bits per heavy atom. The van der Waals surface area contributed by atoms with Gasteiger partial charge in [-0.05, 0) is 30.2 Å². The van der Waals surface area contributed by atoms with Gasteiger partial charge in [-0.15, -0.1) is 11.8 Å². The van der Waals surface area contributed by atoms with Gasteiger partial charge in [0.05, 0.1) is 17.0 Å². The zero-order valence-electron chi connectivity index (χ0n) is 14.7. The zero-order valence-corrected chi connectivity index (χ0v) is 15.5. The van der Waals surface area contributed by atoms with Gasteiger partial charge in [0.2, 0.25) is 5.91 Å². The third-order valence-electron chi connectivity index (χ3n) is 4.12. The summed E-state index contributed by atoms with van der Waals surface area (Å²) in [5.74, 6) is 0.833. The summed E-state index contributed by atoms with van der Waals surface area (Å²) < 4.78 is 0. The SMILES string of the molecule is C[C@@H](SCc1ccccc1)C(=O)N[C@@H](c1ccccc1)c1ccccn1. The lowest BCUT2D eigenvalue weighted by Crippen LogP contribution is -2.35. The largest absolute Gasteiger partial charge is 0.343 e. The Morgan fingerprint density at radius 2 is 1.62 bits per heavy atom. The van der Waals surface area contributed by atoms with E-state index in [1.165, 1.54) is 5.56 Å². The second kappa shape index (κ2) is 9.20. The topological polar surface area (TPSA) is 42.0 Å². The minimum Gasteiger partial charge on any atom is -0.343 e. The van der Waals surface area contributed by atoms with Crippen LogP contribution in [0.2, 0.25) is 0 Å². The predicted molar refractivity (Wildman–Crippen MR) is 108 cm³/mol. The molecule has 0 unspecified atom stereocenters. The smallest absolute Gasteiger partial charge is 0.233 e. The number of benzene rings is 2. The Morgan fingerprint density at radius 1 is 0.962 bits per heavy atom. The fourth-order valence-electron chi connectivity index (χ4n) is 2.65. The summed E-state index contributed by atoms with van der Waals surface area (Å²) in [6.07, 6.45) is 1.75. The van der Waals surface area contributed by atoms with Gasteiger partial charge in [-0.2, -0.15) is 0 Å². The molecule has 3 aromatic rings. The third kappa shape index (κ3) is 4.96. The Bertz CT molecular complexity index is 770. The number of carbonyl (C=O) groups is 1. The van der Waals surface area contributed by atoms with E-state index in [4.69, 9.17) is 0 Å². The summed E-state index contributed by atoms with van der Waals surface area (Å²) >= 11 is 1.64. The second-order valence-electron chi connectivity index (χ2n) is 6.05. The van der Waals surface area contributed by atoms with Gasteiger partial charge >= 0.3 is 0 Å². The van der Waals surface area contributed by atoms with Gasteiger partial charge in [-0.3, -0.25) is 9.78 Å². The highest BCUT2D eigenvalue weighted by molar-refractivity contribution is 7.99. The second-order valence-corrected chi connectivity index (χ2v) is 7.37. The molecule has 1 aromatic heterocycles. The van der Waals surface area contributed by atoms with Crippen molar-refractivity contribution >= 4 is 17.7 Å². The van der Waals surface area contributed by atoms with Crippen LogP contribution in [-0.4, -0.2) is 16.1 Å². The molecule has 1 amide bonds. The average Bonchev–Trinajstić information content (AvgIpc) is 2.72. The number of carbonyl (C=O) groups excluding carboxylic acids is 1. The summed E-state index contributed by atoms with van der Waals surface area (Å²) in [5.41, 5.74) is 3.09. The molecule has 0 fully saturated rings. The Hall–Kier alpha value is -2.59. The van der Waals surface area contributed by atoms with Crippen LogP contribution in [0.15, 0.2) is 85.1 Å². The molecule has 0 saturated carbocycles. The van der Waals surface area contributed by atoms with Crippen molar-refractivity contribution in [3.63, 3.8) is 0 Å². The predicted octanol–water partition coefficient (Wildman–Crippen LogP) is 4.61. The van der Waals surface area contributed by atoms with Crippen LogP contribution in [0.5, 0.6) is 0 Å². The van der Waals surface area contributed by atoms with Gasteiger partial charge in [0.15, 0.2) is 0 Å². The molecule has 3 nitrogen and oxygen atoms in total. The van der Waals surface area contributed by atoms with Crippen LogP contribution in [0.3, 0.4) is 0 Å². The first kappa shape index (κ1) is 18.2. The Kier molecular flexibility index (Phi) is 6.45. The van der Waals surface area contributed by atoms with Crippen molar-refractivity contribution in [1.82, 2.24) is 10.3 Å². The molecule has 3 rings (SSSR count). The first-order valence-corrected chi connectivity index (χ1v) is 9.70. The first-order valence-electron chi connectivity index (χ1n) is 8.66. The van der Waals surface area contributed by atoms with Crippen LogP contribution in [0.4, 0.5) is 0 Å². The highest BCUT2D eigenvalue weighted by atomic mass is 32.2. The molecule has 2 atom stereocenters. The van der Waals surface area contributed by atoms with E-state index in [2.05, 4.69) is 22.4 Å². The molecule has 0 aliphatic heterocycles. The number of aromatic nitrogens is 1. The summed E-state index contributed by atoms with van der Waals surface area (Å²) in [5, 5.41) is 3.02. The molecule has 1 N–H and O–H groups in total. The van der Waals surface area contributed by atoms with Crippen molar-refractivity contribution in [2.75, 3.05) is 0 Å². The van der Waals surface area contributed by atoms with E-state index in [0.29, 0.717) is 0 Å². The number of thioether (sulfide) groups is 1. The van der Waals surface area contributed by atoms with Crippen molar-refractivity contribution < 1.29 is 4.79 Å². The van der Waals surface area contributed by atoms with Crippen molar-refractivity contribution in [3.8, 4) is 0 Å². The van der Waals surface area contributed by atoms with Gasteiger partial charge in [-0.25, -0.2) is 0 Å². The maximum atomic E-state index is 12.8. The fourth-order valence-corrected chi connectivity index (χ4v) is 3.51. The molecular weight excluding hydrogens is 340 g/mol. The quantitative estimate of drug-likeness (QED) is 0.667. The molecule has 1 heterocycles. The van der Waals surface area contributed by atoms with Gasteiger partial charge in [0.25, 0.3) is 0 Å². The van der Waals surface area contributed by atoms with E-state index >= 15 is 0 Å². The Balaban J connectivity index is 1.69. The van der Waals surface area contributed by atoms with Crippen LogP contribution < -0.4 is 5.32 Å². The number of rotatable bonds is 7. The van der Waals surface area contributed by atoms with E-state index in [0.717, 1.165) is 17.0 Å². The van der Waals surface area contributed by atoms with Crippen molar-refractivity contribution in [2.24, 2.45) is 0 Å². The van der Waals surface area contributed by atoms with Crippen LogP contribution in [-0.2, 0) is 10.5 Å². The first-order chi connectivity index (χ1) is 12.7. The lowest BCUT2D eigenvalue weighted by molar-refractivity contribution is -0.120. The van der Waals surface area contributed by atoms with E-state index in [1.807, 2.05) is 73.7 Å². The molecule has 0 radical (unpaired) electrons. The van der Waals surface area contributed by atoms with Gasteiger partial charge in [0, 0.05) is 11.9 Å². The lowest BCUT2D eigenvalue weighted by atomic mass is 10.0. The molecule has 4 heteroatoms. The van der Waals surface area contributed by atoms with E-state index in [-0.39, 0.29) is 17.2 Å². The minimum absolute atomic E-state index is 0.0189. The summed E-state index contributed by atoms with van der Waals surface area (Å²) in [6.45, 7) is 1.95. The maximum absolute atomic E-state index is 12.8. The number of nitrogens with zero attached hydrogens (tertiary/aromatic N) is 1. The normalized spacial score (nSPS) is 13.0. The molecule has 0 saturated heterocycles. The van der Waals surface area contributed by atoms with Gasteiger partial charge in [0.1, 0.15) is 0 Å². The van der Waals surface area contributed by atoms with Crippen molar-refractivity contribution in [2.45, 2.75) is 24.0 Å². The number of nitrogens with one attached hydrogen (secondary N) is 1. The highest BCUT2D eigenvalue weighted by Crippen LogP contribution is 2.23. The summed E-state index contributed by atoms with van der Waals surface area (Å²) in [4.78, 5) is 17.2. The molecule has 132 valence electrons. The third-order valence-corrected chi connectivity index (χ3v) is 5.33. The van der Waals surface area contributed by atoms with E-state index in [9.17, 15) is 4.79 Å². The molecule has 0 bridgehead atoms. The van der Waals surface area contributed by atoms with Crippen LogP contribution >= 0.6 is 11.8 Å². The number of pyridine rings is 1. The monoisotopic (exact) mass is 362 g/mol. The Labute approximate surface area is 158 Å². The molecule has 0 spiro atoms. The van der Waals surface area contributed by atoms with E-state index in [1.54, 1.807) is 18.0 Å². The van der Waals surface area contributed by atoms with Crippen molar-refractivity contribution in [3.05, 3.63) is 102 Å². The molecule has 2 aromatic carbocycles. The van der Waals surface area contributed by atoms with Gasteiger partial charge in [-0.1, -0.05) is 66.7 Å². The summed E-state index contributed by atoms with van der Waals surface area (Å²) in [7, 11) is 0. The van der Waals surface area contributed by atoms with Gasteiger partial charge < -0.3 is 5.32 Å². The minimum atomic E-state index is -0.246. The zero-order chi connectivity index (χ0) is 18.2. The molecular formula is C22H22N2OS. The molecule has 0 aliphatic carbocycles. The van der Waals surface area contributed by atoms with Crippen LogP contribution in [0, 0.1) is 0 Å².